The molecule has 0 radical (unpaired) electrons. The van der Waals surface area contributed by atoms with Crippen LogP contribution in [-0.4, -0.2) is 43.0 Å². The summed E-state index contributed by atoms with van der Waals surface area (Å²) >= 11 is 0. The van der Waals surface area contributed by atoms with E-state index < -0.39 is 29.5 Å². The molecule has 3 N–H and O–H groups in total. The van der Waals surface area contributed by atoms with Crippen molar-refractivity contribution in [3.63, 3.8) is 0 Å². The summed E-state index contributed by atoms with van der Waals surface area (Å²) in [5.74, 6) is -2.85. The van der Waals surface area contributed by atoms with Gasteiger partial charge in [0, 0.05) is 6.42 Å². The highest BCUT2D eigenvalue weighted by atomic mass is 19.1. The van der Waals surface area contributed by atoms with Crippen molar-refractivity contribution in [2.75, 3.05) is 0 Å². The van der Waals surface area contributed by atoms with Gasteiger partial charge in [0.2, 0.25) is 5.91 Å². The molecule has 0 unspecified atom stereocenters. The molecule has 0 fully saturated rings. The first-order valence-corrected chi connectivity index (χ1v) is 6.96. The number of nitrogens with zero attached hydrogens (tertiary/aromatic N) is 2. The smallest absolute Gasteiger partial charge is 0.326 e. The molecule has 1 aliphatic heterocycles. The van der Waals surface area contributed by atoms with E-state index in [2.05, 4.69) is 9.97 Å². The van der Waals surface area contributed by atoms with Crippen LogP contribution in [0.5, 0.6) is 5.75 Å². The molecule has 1 aromatic carbocycles. The number of amides is 1. The maximum atomic E-state index is 13.3. The number of phenols is 1. The predicted octanol–water partition coefficient (Wildman–Crippen LogP) is 0.835. The molecular formula is C15H14FN3O4. The summed E-state index contributed by atoms with van der Waals surface area (Å²) in [6.07, 6.45) is 1.45. The standard InChI is InChI=1S/C15H14FN3O4/c16-9-3-8(1-2-13(9)20)4-14(21)19-6-11-10(17-7-18-11)5-12(19)15(22)23/h1-3,7,12,20H,4-6H2,(H,17,18)(H,22,23)/t12-/m1/s1. The summed E-state index contributed by atoms with van der Waals surface area (Å²) in [6, 6.07) is 2.66. The highest BCUT2D eigenvalue weighted by molar-refractivity contribution is 5.85. The summed E-state index contributed by atoms with van der Waals surface area (Å²) in [7, 11) is 0. The second kappa shape index (κ2) is 5.71. The maximum absolute atomic E-state index is 13.3. The Kier molecular flexibility index (Phi) is 3.73. The van der Waals surface area contributed by atoms with Gasteiger partial charge in [-0.3, -0.25) is 4.79 Å². The lowest BCUT2D eigenvalue weighted by Gasteiger charge is -2.32. The van der Waals surface area contributed by atoms with Crippen molar-refractivity contribution in [3.8, 4) is 5.75 Å². The minimum Gasteiger partial charge on any atom is -0.505 e. The van der Waals surface area contributed by atoms with Crippen LogP contribution in [0.1, 0.15) is 17.0 Å². The van der Waals surface area contributed by atoms with Crippen molar-refractivity contribution in [1.29, 1.82) is 0 Å². The van der Waals surface area contributed by atoms with Gasteiger partial charge in [0.05, 0.1) is 30.7 Å². The third-order valence-electron chi connectivity index (χ3n) is 3.87. The molecular weight excluding hydrogens is 305 g/mol. The molecule has 2 heterocycles. The largest absolute Gasteiger partial charge is 0.505 e. The first kappa shape index (κ1) is 15.0. The lowest BCUT2D eigenvalue weighted by molar-refractivity contribution is -0.151. The number of rotatable bonds is 3. The number of H-pyrrole nitrogens is 1. The fourth-order valence-corrected chi connectivity index (χ4v) is 2.66. The highest BCUT2D eigenvalue weighted by Crippen LogP contribution is 2.23. The van der Waals surface area contributed by atoms with Crippen molar-refractivity contribution in [2.24, 2.45) is 0 Å². The minimum absolute atomic E-state index is 0.117. The Morgan fingerprint density at radius 2 is 2.22 bits per heavy atom. The molecule has 1 aromatic heterocycles. The fraction of sp³-hybridized carbons (Fsp3) is 0.267. The van der Waals surface area contributed by atoms with E-state index in [-0.39, 0.29) is 19.4 Å². The number of hydrogen-bond donors (Lipinski definition) is 3. The Balaban J connectivity index is 1.82. The molecule has 120 valence electrons. The van der Waals surface area contributed by atoms with Gasteiger partial charge >= 0.3 is 5.97 Å². The molecule has 7 nitrogen and oxygen atoms in total. The number of aromatic nitrogens is 2. The van der Waals surface area contributed by atoms with Crippen LogP contribution in [0.2, 0.25) is 0 Å². The predicted molar refractivity (Wildman–Crippen MR) is 76.0 cm³/mol. The van der Waals surface area contributed by atoms with Gasteiger partial charge in [0.25, 0.3) is 0 Å². The molecule has 0 spiro atoms. The number of benzene rings is 1. The number of carbonyl (C=O) groups excluding carboxylic acids is 1. The van der Waals surface area contributed by atoms with E-state index >= 15 is 0 Å². The average molecular weight is 319 g/mol. The van der Waals surface area contributed by atoms with Crippen LogP contribution in [0.25, 0.3) is 0 Å². The van der Waals surface area contributed by atoms with E-state index in [9.17, 15) is 19.1 Å². The first-order chi connectivity index (χ1) is 11.0. The Morgan fingerprint density at radius 3 is 2.91 bits per heavy atom. The zero-order chi connectivity index (χ0) is 16.6. The van der Waals surface area contributed by atoms with Crippen molar-refractivity contribution < 1.29 is 24.2 Å². The summed E-state index contributed by atoms with van der Waals surface area (Å²) < 4.78 is 13.3. The van der Waals surface area contributed by atoms with Crippen LogP contribution in [-0.2, 0) is 29.0 Å². The van der Waals surface area contributed by atoms with Gasteiger partial charge in [-0.25, -0.2) is 14.2 Å². The van der Waals surface area contributed by atoms with Crippen LogP contribution in [0.15, 0.2) is 24.5 Å². The Bertz CT molecular complexity index is 774. The molecule has 1 amide bonds. The molecule has 23 heavy (non-hydrogen) atoms. The van der Waals surface area contributed by atoms with Gasteiger partial charge in [-0.1, -0.05) is 6.07 Å². The average Bonchev–Trinajstić information content (AvgIpc) is 2.97. The van der Waals surface area contributed by atoms with Gasteiger partial charge in [-0.05, 0) is 17.7 Å². The SMILES string of the molecule is O=C(O)[C@H]1Cc2nc[nH]c2CN1C(=O)Cc1ccc(O)c(F)c1. The van der Waals surface area contributed by atoms with Crippen molar-refractivity contribution >= 4 is 11.9 Å². The molecule has 1 atom stereocenters. The molecule has 0 saturated carbocycles. The molecule has 3 rings (SSSR count). The summed E-state index contributed by atoms with van der Waals surface area (Å²) in [5.41, 5.74) is 1.70. The quantitative estimate of drug-likeness (QED) is 0.777. The number of fused-ring (bicyclic) bond motifs is 1. The molecule has 2 aromatic rings. The van der Waals surface area contributed by atoms with Crippen molar-refractivity contribution in [3.05, 3.63) is 47.3 Å². The fourth-order valence-electron chi connectivity index (χ4n) is 2.66. The van der Waals surface area contributed by atoms with Gasteiger partial charge in [-0.15, -0.1) is 0 Å². The van der Waals surface area contributed by atoms with Crippen LogP contribution < -0.4 is 0 Å². The maximum Gasteiger partial charge on any atom is 0.326 e. The number of hydrogen-bond acceptors (Lipinski definition) is 4. The van der Waals surface area contributed by atoms with E-state index in [4.69, 9.17) is 5.11 Å². The van der Waals surface area contributed by atoms with Gasteiger partial charge in [0.15, 0.2) is 11.6 Å². The van der Waals surface area contributed by atoms with E-state index in [0.717, 1.165) is 12.1 Å². The third kappa shape index (κ3) is 2.87. The summed E-state index contributed by atoms with van der Waals surface area (Å²) in [4.78, 5) is 32.1. The van der Waals surface area contributed by atoms with E-state index in [1.165, 1.54) is 17.3 Å². The van der Waals surface area contributed by atoms with Gasteiger partial charge < -0.3 is 20.1 Å². The third-order valence-corrected chi connectivity index (χ3v) is 3.87. The minimum atomic E-state index is -1.11. The van der Waals surface area contributed by atoms with E-state index in [1.54, 1.807) is 0 Å². The van der Waals surface area contributed by atoms with Crippen molar-refractivity contribution in [2.45, 2.75) is 25.4 Å². The number of imidazole rings is 1. The highest BCUT2D eigenvalue weighted by Gasteiger charge is 2.35. The van der Waals surface area contributed by atoms with Crippen LogP contribution in [0.3, 0.4) is 0 Å². The van der Waals surface area contributed by atoms with E-state index in [0.29, 0.717) is 17.0 Å². The number of aliphatic carboxylic acids is 1. The Hall–Kier alpha value is -2.90. The van der Waals surface area contributed by atoms with Gasteiger partial charge in [-0.2, -0.15) is 0 Å². The zero-order valence-corrected chi connectivity index (χ0v) is 12.0. The van der Waals surface area contributed by atoms with Crippen LogP contribution in [0, 0.1) is 5.82 Å². The number of carboxylic acid groups (broad SMARTS) is 1. The van der Waals surface area contributed by atoms with E-state index in [1.807, 2.05) is 0 Å². The topological polar surface area (TPSA) is 107 Å². The monoisotopic (exact) mass is 319 g/mol. The molecule has 0 bridgehead atoms. The Morgan fingerprint density at radius 1 is 1.43 bits per heavy atom. The number of halogens is 1. The Labute approximate surface area is 130 Å². The number of carbonyl (C=O) groups is 2. The number of nitrogens with one attached hydrogen (secondary N) is 1. The normalized spacial score (nSPS) is 16.9. The lowest BCUT2D eigenvalue weighted by Crippen LogP contribution is -2.49. The second-order valence-corrected chi connectivity index (χ2v) is 5.37. The molecule has 0 saturated heterocycles. The number of carboxylic acids is 1. The summed E-state index contributed by atoms with van der Waals surface area (Å²) in [6.45, 7) is 0.117. The summed E-state index contributed by atoms with van der Waals surface area (Å²) in [5, 5.41) is 18.5. The molecule has 0 aliphatic carbocycles. The van der Waals surface area contributed by atoms with Crippen LogP contribution >= 0.6 is 0 Å². The lowest BCUT2D eigenvalue weighted by atomic mass is 10.0. The molecule has 1 aliphatic rings. The van der Waals surface area contributed by atoms with Crippen molar-refractivity contribution in [1.82, 2.24) is 14.9 Å². The number of aromatic hydroxyl groups is 1. The number of aromatic amines is 1. The number of phenolic OH excluding ortho intramolecular Hbond substituents is 1. The molecule has 8 heteroatoms. The van der Waals surface area contributed by atoms with Gasteiger partial charge in [0.1, 0.15) is 6.04 Å². The second-order valence-electron chi connectivity index (χ2n) is 5.37. The first-order valence-electron chi connectivity index (χ1n) is 6.96. The van der Waals surface area contributed by atoms with Crippen LogP contribution in [0.4, 0.5) is 4.39 Å². The zero-order valence-electron chi connectivity index (χ0n) is 12.0.